The van der Waals surface area contributed by atoms with E-state index < -0.39 is 0 Å². The highest BCUT2D eigenvalue weighted by molar-refractivity contribution is 6.14. The smallest absolute Gasteiger partial charge is 0.339 e. The summed E-state index contributed by atoms with van der Waals surface area (Å²) in [6.45, 7) is 2.03. The average Bonchev–Trinajstić information content (AvgIpc) is 2.61. The van der Waals surface area contributed by atoms with E-state index in [9.17, 15) is 14.7 Å². The molecule has 0 atom stereocenters. The molecule has 1 aromatic carbocycles. The summed E-state index contributed by atoms with van der Waals surface area (Å²) in [5.41, 5.74) is 2.34. The fraction of sp³-hybridized carbons (Fsp3) is 0.429. The van der Waals surface area contributed by atoms with Crippen LogP contribution in [0, 0.1) is 0 Å². The number of carbonyl (C=O) groups is 1. The van der Waals surface area contributed by atoms with Crippen LogP contribution in [0.5, 0.6) is 5.75 Å². The van der Waals surface area contributed by atoms with Gasteiger partial charge in [-0.3, -0.25) is 4.79 Å². The molecule has 1 aliphatic carbocycles. The van der Waals surface area contributed by atoms with Gasteiger partial charge in [0.25, 0.3) is 0 Å². The van der Waals surface area contributed by atoms with Gasteiger partial charge in [-0.25, -0.2) is 4.79 Å². The molecule has 1 aromatic heterocycles. The first kappa shape index (κ1) is 18.2. The first-order valence-electron chi connectivity index (χ1n) is 9.16. The van der Waals surface area contributed by atoms with Crippen molar-refractivity contribution in [2.75, 3.05) is 14.1 Å². The number of carbonyl (C=O) groups excluding carboxylic acids is 1. The summed E-state index contributed by atoms with van der Waals surface area (Å²) < 4.78 is 5.55. The Kier molecular flexibility index (Phi) is 5.16. The highest BCUT2D eigenvalue weighted by atomic mass is 16.4. The molecule has 0 radical (unpaired) electrons. The molecule has 0 saturated heterocycles. The zero-order valence-electron chi connectivity index (χ0n) is 15.6. The van der Waals surface area contributed by atoms with E-state index in [0.717, 1.165) is 47.8 Å². The molecule has 0 saturated carbocycles. The highest BCUT2D eigenvalue weighted by Crippen LogP contribution is 2.36. The van der Waals surface area contributed by atoms with Crippen LogP contribution < -0.4 is 5.63 Å². The van der Waals surface area contributed by atoms with Crippen LogP contribution in [0.2, 0.25) is 0 Å². The van der Waals surface area contributed by atoms with Gasteiger partial charge in [0, 0.05) is 37.3 Å². The molecule has 138 valence electrons. The van der Waals surface area contributed by atoms with Gasteiger partial charge in [0.05, 0.1) is 0 Å². The van der Waals surface area contributed by atoms with Gasteiger partial charge in [0.2, 0.25) is 0 Å². The topological polar surface area (TPSA) is 70.8 Å². The number of phenolic OH excluding ortho intramolecular Hbond substituents is 1. The minimum absolute atomic E-state index is 0.0772. The molecule has 0 spiro atoms. The van der Waals surface area contributed by atoms with Crippen molar-refractivity contribution >= 4 is 16.8 Å². The van der Waals surface area contributed by atoms with Crippen LogP contribution in [0.4, 0.5) is 0 Å². The summed E-state index contributed by atoms with van der Waals surface area (Å²) in [5, 5.41) is 11.5. The first-order chi connectivity index (χ1) is 12.4. The Morgan fingerprint density at radius 3 is 2.62 bits per heavy atom. The molecule has 5 nitrogen and oxygen atoms in total. The summed E-state index contributed by atoms with van der Waals surface area (Å²) in [4.78, 5) is 27.0. The SMILES string of the molecule is CCCc1cc2c3c(c(=O)oc2c(C(=O)C=CN(C)C)c1O)CCCC3. The van der Waals surface area contributed by atoms with Crippen LogP contribution in [0.15, 0.2) is 27.6 Å². The van der Waals surface area contributed by atoms with Gasteiger partial charge in [-0.2, -0.15) is 0 Å². The van der Waals surface area contributed by atoms with E-state index in [1.54, 1.807) is 11.1 Å². The van der Waals surface area contributed by atoms with Crippen molar-refractivity contribution in [3.63, 3.8) is 0 Å². The summed E-state index contributed by atoms with van der Waals surface area (Å²) in [7, 11) is 3.62. The molecule has 26 heavy (non-hydrogen) atoms. The Morgan fingerprint density at radius 2 is 1.96 bits per heavy atom. The molecule has 0 unspecified atom stereocenters. The van der Waals surface area contributed by atoms with Crippen molar-refractivity contribution in [1.82, 2.24) is 4.90 Å². The quantitative estimate of drug-likeness (QED) is 0.504. The van der Waals surface area contributed by atoms with E-state index >= 15 is 0 Å². The Balaban J connectivity index is 2.33. The zero-order valence-corrected chi connectivity index (χ0v) is 15.6. The zero-order chi connectivity index (χ0) is 18.8. The molecule has 2 aromatic rings. The summed E-state index contributed by atoms with van der Waals surface area (Å²) in [6, 6.07) is 1.90. The van der Waals surface area contributed by atoms with Crippen molar-refractivity contribution in [1.29, 1.82) is 0 Å². The van der Waals surface area contributed by atoms with Crippen molar-refractivity contribution in [2.45, 2.75) is 45.4 Å². The van der Waals surface area contributed by atoms with Crippen LogP contribution >= 0.6 is 0 Å². The lowest BCUT2D eigenvalue weighted by Crippen LogP contribution is -2.17. The van der Waals surface area contributed by atoms with Gasteiger partial charge in [0.15, 0.2) is 11.4 Å². The number of hydrogen-bond donors (Lipinski definition) is 1. The van der Waals surface area contributed by atoms with Crippen LogP contribution in [0.1, 0.15) is 53.2 Å². The Hall–Kier alpha value is -2.56. The molecular weight excluding hydrogens is 330 g/mol. The summed E-state index contributed by atoms with van der Waals surface area (Å²) in [6.07, 6.45) is 8.02. The van der Waals surface area contributed by atoms with Crippen LogP contribution in [0.3, 0.4) is 0 Å². The predicted molar refractivity (Wildman–Crippen MR) is 102 cm³/mol. The van der Waals surface area contributed by atoms with Crippen LogP contribution in [-0.2, 0) is 19.3 Å². The molecule has 0 amide bonds. The summed E-state index contributed by atoms with van der Waals surface area (Å²) in [5.74, 6) is -0.440. The number of phenols is 1. The minimum Gasteiger partial charge on any atom is -0.507 e. The van der Waals surface area contributed by atoms with E-state index in [0.29, 0.717) is 12.8 Å². The van der Waals surface area contributed by atoms with Gasteiger partial charge in [0.1, 0.15) is 11.3 Å². The second-order valence-corrected chi connectivity index (χ2v) is 7.08. The number of allylic oxidation sites excluding steroid dienone is 1. The predicted octanol–water partition coefficient (Wildman–Crippen LogP) is 3.59. The number of nitrogens with zero attached hydrogens (tertiary/aromatic N) is 1. The Labute approximate surface area is 152 Å². The van der Waals surface area contributed by atoms with Crippen molar-refractivity contribution in [3.8, 4) is 5.75 Å². The van der Waals surface area contributed by atoms with Crippen LogP contribution in [0.25, 0.3) is 11.0 Å². The van der Waals surface area contributed by atoms with Gasteiger partial charge in [-0.05, 0) is 49.3 Å². The second-order valence-electron chi connectivity index (χ2n) is 7.08. The molecule has 1 heterocycles. The van der Waals surface area contributed by atoms with E-state index in [1.165, 1.54) is 6.08 Å². The Bertz CT molecular complexity index is 937. The third-order valence-corrected chi connectivity index (χ3v) is 4.86. The molecular formula is C21H25NO4. The fourth-order valence-electron chi connectivity index (χ4n) is 3.61. The molecule has 0 aliphatic heterocycles. The van der Waals surface area contributed by atoms with Crippen molar-refractivity contribution < 1.29 is 14.3 Å². The fourth-order valence-corrected chi connectivity index (χ4v) is 3.61. The van der Waals surface area contributed by atoms with Gasteiger partial charge < -0.3 is 14.4 Å². The average molecular weight is 355 g/mol. The standard InChI is InChI=1S/C21H25NO4/c1-4-7-13-12-16-14-8-5-6-9-15(14)21(25)26-20(16)18(19(13)24)17(23)10-11-22(2)3/h10-12,24H,4-9H2,1-3H3. The monoisotopic (exact) mass is 355 g/mol. The van der Waals surface area contributed by atoms with Gasteiger partial charge in [-0.15, -0.1) is 0 Å². The van der Waals surface area contributed by atoms with E-state index in [1.807, 2.05) is 27.1 Å². The maximum absolute atomic E-state index is 12.8. The summed E-state index contributed by atoms with van der Waals surface area (Å²) >= 11 is 0. The third-order valence-electron chi connectivity index (χ3n) is 4.86. The number of ketones is 1. The van der Waals surface area contributed by atoms with E-state index in [-0.39, 0.29) is 28.3 Å². The second kappa shape index (κ2) is 7.36. The van der Waals surface area contributed by atoms with E-state index in [4.69, 9.17) is 4.42 Å². The number of fused-ring (bicyclic) bond motifs is 3. The maximum atomic E-state index is 12.8. The molecule has 3 rings (SSSR count). The van der Waals surface area contributed by atoms with Crippen molar-refractivity contribution in [3.05, 3.63) is 51.0 Å². The number of aromatic hydroxyl groups is 1. The molecule has 1 N–H and O–H groups in total. The largest absolute Gasteiger partial charge is 0.507 e. The normalized spacial score (nSPS) is 14.0. The third kappa shape index (κ3) is 3.26. The molecule has 1 aliphatic rings. The minimum atomic E-state index is -0.388. The number of hydrogen-bond acceptors (Lipinski definition) is 5. The first-order valence-corrected chi connectivity index (χ1v) is 9.16. The number of aryl methyl sites for hydroxylation is 2. The highest BCUT2D eigenvalue weighted by Gasteiger charge is 2.25. The molecule has 0 bridgehead atoms. The number of benzene rings is 1. The molecule has 5 heteroatoms. The van der Waals surface area contributed by atoms with E-state index in [2.05, 4.69) is 0 Å². The van der Waals surface area contributed by atoms with Gasteiger partial charge >= 0.3 is 5.63 Å². The van der Waals surface area contributed by atoms with Gasteiger partial charge in [-0.1, -0.05) is 13.3 Å². The molecule has 0 fully saturated rings. The lowest BCUT2D eigenvalue weighted by Gasteiger charge is -2.18. The maximum Gasteiger partial charge on any atom is 0.339 e. The van der Waals surface area contributed by atoms with Crippen LogP contribution in [-0.4, -0.2) is 29.9 Å². The van der Waals surface area contributed by atoms with Crippen molar-refractivity contribution in [2.24, 2.45) is 0 Å². The Morgan fingerprint density at radius 1 is 1.27 bits per heavy atom. The lowest BCUT2D eigenvalue weighted by atomic mass is 9.88. The lowest BCUT2D eigenvalue weighted by molar-refractivity contribution is 0.104. The number of rotatable bonds is 5.